The zero-order chi connectivity index (χ0) is 13.3. The van der Waals surface area contributed by atoms with Crippen molar-refractivity contribution in [1.82, 2.24) is 9.62 Å². The third-order valence-electron chi connectivity index (χ3n) is 3.41. The van der Waals surface area contributed by atoms with Crippen LogP contribution in [0.3, 0.4) is 0 Å². The third-order valence-corrected chi connectivity index (χ3v) is 5.58. The topological polar surface area (TPSA) is 49.4 Å². The molecule has 1 aliphatic heterocycles. The molecule has 18 heavy (non-hydrogen) atoms. The predicted octanol–water partition coefficient (Wildman–Crippen LogP) is 1.29. The number of likely N-dealkylation sites (N-methyl/N-ethyl adjacent to an activating group) is 1. The second kappa shape index (κ2) is 4.99. The van der Waals surface area contributed by atoms with Crippen LogP contribution in [0, 0.1) is 13.8 Å². The van der Waals surface area contributed by atoms with E-state index in [0.717, 1.165) is 24.2 Å². The molecule has 100 valence electrons. The van der Waals surface area contributed by atoms with E-state index in [1.54, 1.807) is 10.4 Å². The fraction of sp³-hybridized carbons (Fsp3) is 0.538. The standard InChI is InChI=1S/C13H20N2O2S/c1-4-15(12-8-14-9-12)18(16,17)13-7-10(2)5-6-11(13)3/h5-7,12,14H,4,8-9H2,1-3H3. The van der Waals surface area contributed by atoms with Crippen LogP contribution in [0.1, 0.15) is 18.1 Å². The van der Waals surface area contributed by atoms with Crippen LogP contribution in [0.5, 0.6) is 0 Å². The maximum Gasteiger partial charge on any atom is 0.243 e. The van der Waals surface area contributed by atoms with Crippen molar-refractivity contribution in [2.75, 3.05) is 19.6 Å². The number of sulfonamides is 1. The number of nitrogens with zero attached hydrogens (tertiary/aromatic N) is 1. The minimum absolute atomic E-state index is 0.0971. The van der Waals surface area contributed by atoms with Gasteiger partial charge in [-0.1, -0.05) is 19.1 Å². The van der Waals surface area contributed by atoms with E-state index in [2.05, 4.69) is 5.32 Å². The van der Waals surface area contributed by atoms with Gasteiger partial charge in [-0.2, -0.15) is 4.31 Å². The monoisotopic (exact) mass is 268 g/mol. The molecule has 0 saturated carbocycles. The van der Waals surface area contributed by atoms with Gasteiger partial charge in [0.15, 0.2) is 0 Å². The number of rotatable bonds is 4. The number of aryl methyl sites for hydroxylation is 2. The second-order valence-corrected chi connectivity index (χ2v) is 6.65. The van der Waals surface area contributed by atoms with Crippen LogP contribution in [0.25, 0.3) is 0 Å². The van der Waals surface area contributed by atoms with Gasteiger partial charge in [0.2, 0.25) is 10.0 Å². The highest BCUT2D eigenvalue weighted by atomic mass is 32.2. The van der Waals surface area contributed by atoms with Gasteiger partial charge in [-0.05, 0) is 31.0 Å². The average Bonchev–Trinajstić information content (AvgIpc) is 2.26. The van der Waals surface area contributed by atoms with Gasteiger partial charge in [-0.3, -0.25) is 0 Å². The molecule has 0 radical (unpaired) electrons. The summed E-state index contributed by atoms with van der Waals surface area (Å²) in [6, 6.07) is 5.67. The Morgan fingerprint density at radius 1 is 1.33 bits per heavy atom. The van der Waals surface area contributed by atoms with Gasteiger partial charge in [0.1, 0.15) is 0 Å². The Morgan fingerprint density at radius 2 is 2.00 bits per heavy atom. The van der Waals surface area contributed by atoms with Gasteiger partial charge in [-0.25, -0.2) is 8.42 Å². The molecule has 0 aliphatic carbocycles. The highest BCUT2D eigenvalue weighted by molar-refractivity contribution is 7.89. The molecule has 1 aliphatic rings. The zero-order valence-electron chi connectivity index (χ0n) is 11.1. The fourth-order valence-corrected chi connectivity index (χ4v) is 4.16. The summed E-state index contributed by atoms with van der Waals surface area (Å²) in [7, 11) is -3.37. The van der Waals surface area contributed by atoms with Crippen molar-refractivity contribution >= 4 is 10.0 Å². The van der Waals surface area contributed by atoms with Crippen LogP contribution in [-0.4, -0.2) is 38.4 Å². The SMILES string of the molecule is CCN(C1CNC1)S(=O)(=O)c1cc(C)ccc1C. The van der Waals surface area contributed by atoms with Crippen molar-refractivity contribution in [2.45, 2.75) is 31.7 Å². The van der Waals surface area contributed by atoms with E-state index in [0.29, 0.717) is 11.4 Å². The lowest BCUT2D eigenvalue weighted by atomic mass is 10.2. The Bertz CT molecular complexity index is 536. The maximum absolute atomic E-state index is 12.7. The van der Waals surface area contributed by atoms with Gasteiger partial charge < -0.3 is 5.32 Å². The van der Waals surface area contributed by atoms with Crippen LogP contribution in [0.4, 0.5) is 0 Å². The van der Waals surface area contributed by atoms with E-state index in [4.69, 9.17) is 0 Å². The minimum Gasteiger partial charge on any atom is -0.313 e. The largest absolute Gasteiger partial charge is 0.313 e. The van der Waals surface area contributed by atoms with Crippen LogP contribution < -0.4 is 5.32 Å². The predicted molar refractivity (Wildman–Crippen MR) is 72.1 cm³/mol. The van der Waals surface area contributed by atoms with Crippen molar-refractivity contribution in [3.63, 3.8) is 0 Å². The molecule has 0 unspecified atom stereocenters. The molecule has 1 aromatic carbocycles. The smallest absolute Gasteiger partial charge is 0.243 e. The third kappa shape index (κ3) is 2.30. The second-order valence-electron chi connectivity index (χ2n) is 4.79. The van der Waals surface area contributed by atoms with Crippen molar-refractivity contribution in [2.24, 2.45) is 0 Å². The maximum atomic E-state index is 12.7. The lowest BCUT2D eigenvalue weighted by Gasteiger charge is -2.36. The van der Waals surface area contributed by atoms with Crippen LogP contribution in [-0.2, 0) is 10.0 Å². The number of nitrogens with one attached hydrogen (secondary N) is 1. The summed E-state index contributed by atoms with van der Waals surface area (Å²) >= 11 is 0. The zero-order valence-corrected chi connectivity index (χ0v) is 11.9. The summed E-state index contributed by atoms with van der Waals surface area (Å²) < 4.78 is 26.9. The van der Waals surface area contributed by atoms with Crippen molar-refractivity contribution in [3.8, 4) is 0 Å². The Hall–Kier alpha value is -0.910. The summed E-state index contributed by atoms with van der Waals surface area (Å²) in [6.45, 7) is 7.66. The minimum atomic E-state index is -3.37. The molecule has 0 spiro atoms. The molecule has 5 heteroatoms. The normalized spacial score (nSPS) is 16.9. The van der Waals surface area contributed by atoms with E-state index in [9.17, 15) is 8.42 Å². The molecule has 0 bridgehead atoms. The van der Waals surface area contributed by atoms with Crippen LogP contribution >= 0.6 is 0 Å². The lowest BCUT2D eigenvalue weighted by molar-refractivity contribution is 0.249. The van der Waals surface area contributed by atoms with Gasteiger partial charge in [0.05, 0.1) is 4.90 Å². The summed E-state index contributed by atoms with van der Waals surface area (Å²) in [5, 5.41) is 3.12. The molecular weight excluding hydrogens is 248 g/mol. The van der Waals surface area contributed by atoms with E-state index in [1.165, 1.54) is 0 Å². The molecule has 1 fully saturated rings. The summed E-state index contributed by atoms with van der Waals surface area (Å²) in [4.78, 5) is 0.441. The van der Waals surface area contributed by atoms with Crippen LogP contribution in [0.15, 0.2) is 23.1 Å². The molecule has 0 atom stereocenters. The molecular formula is C13H20N2O2S. The first-order chi connectivity index (χ1) is 8.46. The Labute approximate surface area is 109 Å². The van der Waals surface area contributed by atoms with Crippen LogP contribution in [0.2, 0.25) is 0 Å². The molecule has 1 aromatic rings. The fourth-order valence-electron chi connectivity index (χ4n) is 2.21. The Kier molecular flexibility index (Phi) is 3.75. The van der Waals surface area contributed by atoms with E-state index < -0.39 is 10.0 Å². The molecule has 1 N–H and O–H groups in total. The molecule has 2 rings (SSSR count). The number of benzene rings is 1. The van der Waals surface area contributed by atoms with Crippen molar-refractivity contribution in [3.05, 3.63) is 29.3 Å². The highest BCUT2D eigenvalue weighted by Crippen LogP contribution is 2.23. The van der Waals surface area contributed by atoms with Gasteiger partial charge >= 0.3 is 0 Å². The highest BCUT2D eigenvalue weighted by Gasteiger charge is 2.34. The summed E-state index contributed by atoms with van der Waals surface area (Å²) in [6.07, 6.45) is 0. The first-order valence-corrected chi connectivity index (χ1v) is 7.70. The van der Waals surface area contributed by atoms with E-state index in [1.807, 2.05) is 32.9 Å². The first-order valence-electron chi connectivity index (χ1n) is 6.26. The van der Waals surface area contributed by atoms with Crippen molar-refractivity contribution in [1.29, 1.82) is 0 Å². The van der Waals surface area contributed by atoms with Gasteiger partial charge in [0.25, 0.3) is 0 Å². The van der Waals surface area contributed by atoms with E-state index >= 15 is 0 Å². The molecule has 0 amide bonds. The number of hydrogen-bond acceptors (Lipinski definition) is 3. The molecule has 1 heterocycles. The number of hydrogen-bond donors (Lipinski definition) is 1. The summed E-state index contributed by atoms with van der Waals surface area (Å²) in [5.74, 6) is 0. The average molecular weight is 268 g/mol. The quantitative estimate of drug-likeness (QED) is 0.895. The first kappa shape index (κ1) is 13.5. The molecule has 0 aromatic heterocycles. The van der Waals surface area contributed by atoms with Crippen molar-refractivity contribution < 1.29 is 8.42 Å². The Morgan fingerprint density at radius 3 is 2.50 bits per heavy atom. The van der Waals surface area contributed by atoms with E-state index in [-0.39, 0.29) is 6.04 Å². The lowest BCUT2D eigenvalue weighted by Crippen LogP contribution is -2.58. The van der Waals surface area contributed by atoms with Gasteiger partial charge in [0, 0.05) is 25.7 Å². The van der Waals surface area contributed by atoms with Gasteiger partial charge in [-0.15, -0.1) is 0 Å². The molecule has 1 saturated heterocycles. The summed E-state index contributed by atoms with van der Waals surface area (Å²) in [5.41, 5.74) is 1.79. The molecule has 4 nitrogen and oxygen atoms in total. The Balaban J connectivity index is 2.42.